The lowest BCUT2D eigenvalue weighted by molar-refractivity contribution is 0.0301. The molecular formula is C20H19NO3. The molecule has 0 atom stereocenters. The number of amides is 1. The molecule has 24 heavy (non-hydrogen) atoms. The van der Waals surface area contributed by atoms with Gasteiger partial charge in [-0.05, 0) is 41.8 Å². The number of hydrogen-bond acceptors (Lipinski definition) is 3. The maximum absolute atomic E-state index is 12.0. The van der Waals surface area contributed by atoms with Gasteiger partial charge in [-0.25, -0.2) is 5.48 Å². The molecule has 122 valence electrons. The first-order valence-corrected chi connectivity index (χ1v) is 7.93. The van der Waals surface area contributed by atoms with Crippen LogP contribution in [0.2, 0.25) is 0 Å². The Labute approximate surface area is 141 Å². The van der Waals surface area contributed by atoms with Gasteiger partial charge >= 0.3 is 0 Å². The maximum Gasteiger partial charge on any atom is 0.274 e. The smallest absolute Gasteiger partial charge is 0.274 e. The minimum Gasteiger partial charge on any atom is -0.469 e. The number of benzene rings is 2. The van der Waals surface area contributed by atoms with Crippen molar-refractivity contribution in [3.8, 4) is 11.1 Å². The molecule has 2 aromatic carbocycles. The normalized spacial score (nSPS) is 10.5. The topological polar surface area (TPSA) is 51.5 Å². The van der Waals surface area contributed by atoms with Gasteiger partial charge in [0.2, 0.25) is 0 Å². The van der Waals surface area contributed by atoms with Gasteiger partial charge in [0, 0.05) is 12.0 Å². The van der Waals surface area contributed by atoms with E-state index in [9.17, 15) is 4.79 Å². The molecule has 0 bridgehead atoms. The molecule has 0 unspecified atom stereocenters. The molecule has 0 spiro atoms. The van der Waals surface area contributed by atoms with Crippen LogP contribution in [0.3, 0.4) is 0 Å². The summed E-state index contributed by atoms with van der Waals surface area (Å²) in [5.41, 5.74) is 5.24. The van der Waals surface area contributed by atoms with E-state index in [1.807, 2.05) is 54.6 Å². The third-order valence-electron chi connectivity index (χ3n) is 3.67. The van der Waals surface area contributed by atoms with Crippen LogP contribution in [0, 0.1) is 0 Å². The van der Waals surface area contributed by atoms with Crippen molar-refractivity contribution in [2.75, 3.05) is 6.61 Å². The fourth-order valence-electron chi connectivity index (χ4n) is 2.39. The van der Waals surface area contributed by atoms with Crippen molar-refractivity contribution in [1.29, 1.82) is 0 Å². The van der Waals surface area contributed by atoms with E-state index >= 15 is 0 Å². The van der Waals surface area contributed by atoms with Gasteiger partial charge in [0.15, 0.2) is 0 Å². The number of carbonyl (C=O) groups is 1. The zero-order valence-electron chi connectivity index (χ0n) is 13.3. The highest BCUT2D eigenvalue weighted by atomic mass is 16.6. The van der Waals surface area contributed by atoms with Gasteiger partial charge in [-0.3, -0.25) is 9.63 Å². The first-order chi connectivity index (χ1) is 11.8. The summed E-state index contributed by atoms with van der Waals surface area (Å²) in [6.07, 6.45) is 3.21. The lowest BCUT2D eigenvalue weighted by Gasteiger charge is -2.07. The molecule has 1 amide bonds. The molecule has 0 fully saturated rings. The van der Waals surface area contributed by atoms with Crippen molar-refractivity contribution in [2.24, 2.45) is 0 Å². The maximum atomic E-state index is 12.0. The Bertz CT molecular complexity index is 749. The Hall–Kier alpha value is -2.85. The van der Waals surface area contributed by atoms with Gasteiger partial charge in [-0.15, -0.1) is 0 Å². The minimum atomic E-state index is -0.243. The number of rotatable bonds is 7. The van der Waals surface area contributed by atoms with Gasteiger partial charge in [0.25, 0.3) is 5.91 Å². The molecular weight excluding hydrogens is 302 g/mol. The molecule has 1 N–H and O–H groups in total. The van der Waals surface area contributed by atoms with Gasteiger partial charge in [0.05, 0.1) is 12.9 Å². The van der Waals surface area contributed by atoms with E-state index in [4.69, 9.17) is 9.25 Å². The molecule has 0 aliphatic rings. The van der Waals surface area contributed by atoms with Gasteiger partial charge in [0.1, 0.15) is 5.76 Å². The summed E-state index contributed by atoms with van der Waals surface area (Å²) in [5, 5.41) is 0. The lowest BCUT2D eigenvalue weighted by Crippen LogP contribution is -2.24. The van der Waals surface area contributed by atoms with Crippen LogP contribution in [0.1, 0.15) is 22.5 Å². The van der Waals surface area contributed by atoms with E-state index < -0.39 is 0 Å². The van der Waals surface area contributed by atoms with E-state index in [2.05, 4.69) is 5.48 Å². The van der Waals surface area contributed by atoms with Crippen LogP contribution in [-0.4, -0.2) is 12.5 Å². The molecule has 0 saturated carbocycles. The molecule has 4 heteroatoms. The third-order valence-corrected chi connectivity index (χ3v) is 3.67. The number of hydroxylamine groups is 1. The van der Waals surface area contributed by atoms with Crippen LogP contribution < -0.4 is 5.48 Å². The summed E-state index contributed by atoms with van der Waals surface area (Å²) in [6, 6.07) is 21.3. The Balaban J connectivity index is 1.45. The highest BCUT2D eigenvalue weighted by Crippen LogP contribution is 2.19. The summed E-state index contributed by atoms with van der Waals surface area (Å²) < 4.78 is 5.24. The standard InChI is InChI=1S/C20H19NO3/c22-20(21-24-15-5-9-19-8-4-14-23-19)18-12-10-17(11-13-18)16-6-2-1-3-7-16/h1-4,6-8,10-14H,5,9,15H2,(H,21,22). The fourth-order valence-corrected chi connectivity index (χ4v) is 2.39. The molecule has 1 aromatic heterocycles. The Morgan fingerprint density at radius 2 is 1.67 bits per heavy atom. The van der Waals surface area contributed by atoms with Crippen molar-refractivity contribution in [3.63, 3.8) is 0 Å². The SMILES string of the molecule is O=C(NOCCCc1ccco1)c1ccc(-c2ccccc2)cc1. The van der Waals surface area contributed by atoms with E-state index in [1.54, 1.807) is 18.4 Å². The van der Waals surface area contributed by atoms with Crippen LogP contribution in [0.25, 0.3) is 11.1 Å². The second-order valence-electron chi connectivity index (χ2n) is 5.41. The predicted octanol–water partition coefficient (Wildman–Crippen LogP) is 4.24. The van der Waals surface area contributed by atoms with Gasteiger partial charge in [-0.1, -0.05) is 42.5 Å². The number of carbonyl (C=O) groups excluding carboxylic acids is 1. The van der Waals surface area contributed by atoms with Gasteiger partial charge < -0.3 is 4.42 Å². The fraction of sp³-hybridized carbons (Fsp3) is 0.150. The van der Waals surface area contributed by atoms with Crippen molar-refractivity contribution in [2.45, 2.75) is 12.8 Å². The van der Waals surface area contributed by atoms with Crippen LogP contribution in [0.4, 0.5) is 0 Å². The Morgan fingerprint density at radius 1 is 0.917 bits per heavy atom. The largest absolute Gasteiger partial charge is 0.469 e. The number of nitrogens with one attached hydrogen (secondary N) is 1. The van der Waals surface area contributed by atoms with Crippen LogP contribution >= 0.6 is 0 Å². The number of aryl methyl sites for hydroxylation is 1. The molecule has 3 aromatic rings. The van der Waals surface area contributed by atoms with E-state index in [0.29, 0.717) is 12.2 Å². The van der Waals surface area contributed by atoms with E-state index in [1.165, 1.54) is 0 Å². The van der Waals surface area contributed by atoms with Crippen molar-refractivity contribution in [1.82, 2.24) is 5.48 Å². The zero-order valence-corrected chi connectivity index (χ0v) is 13.3. The first kappa shape index (κ1) is 16.0. The molecule has 1 heterocycles. The molecule has 3 rings (SSSR count). The zero-order chi connectivity index (χ0) is 16.6. The van der Waals surface area contributed by atoms with Crippen LogP contribution in [-0.2, 0) is 11.3 Å². The van der Waals surface area contributed by atoms with E-state index in [-0.39, 0.29) is 5.91 Å². The molecule has 0 saturated heterocycles. The van der Waals surface area contributed by atoms with Crippen molar-refractivity contribution >= 4 is 5.91 Å². The summed E-state index contributed by atoms with van der Waals surface area (Å²) >= 11 is 0. The van der Waals surface area contributed by atoms with Crippen molar-refractivity contribution in [3.05, 3.63) is 84.3 Å². The summed E-state index contributed by atoms with van der Waals surface area (Å²) in [6.45, 7) is 0.439. The highest BCUT2D eigenvalue weighted by Gasteiger charge is 2.06. The second kappa shape index (κ2) is 8.13. The average molecular weight is 321 g/mol. The van der Waals surface area contributed by atoms with Crippen LogP contribution in [0.5, 0.6) is 0 Å². The quantitative estimate of drug-likeness (QED) is 0.523. The monoisotopic (exact) mass is 321 g/mol. The van der Waals surface area contributed by atoms with Crippen LogP contribution in [0.15, 0.2) is 77.4 Å². The van der Waals surface area contributed by atoms with Gasteiger partial charge in [-0.2, -0.15) is 0 Å². The number of hydrogen-bond donors (Lipinski definition) is 1. The second-order valence-corrected chi connectivity index (χ2v) is 5.41. The molecule has 0 radical (unpaired) electrons. The van der Waals surface area contributed by atoms with Crippen molar-refractivity contribution < 1.29 is 14.0 Å². The number of furan rings is 1. The molecule has 0 aliphatic carbocycles. The summed E-state index contributed by atoms with van der Waals surface area (Å²) in [5.74, 6) is 0.675. The molecule has 4 nitrogen and oxygen atoms in total. The predicted molar refractivity (Wildman–Crippen MR) is 92.3 cm³/mol. The summed E-state index contributed by atoms with van der Waals surface area (Å²) in [7, 11) is 0. The lowest BCUT2D eigenvalue weighted by atomic mass is 10.0. The first-order valence-electron chi connectivity index (χ1n) is 7.93. The highest BCUT2D eigenvalue weighted by molar-refractivity contribution is 5.93. The Kier molecular flexibility index (Phi) is 5.43. The summed E-state index contributed by atoms with van der Waals surface area (Å²) in [4.78, 5) is 17.3. The average Bonchev–Trinajstić information content (AvgIpc) is 3.16. The van der Waals surface area contributed by atoms with E-state index in [0.717, 1.165) is 29.7 Å². The third kappa shape index (κ3) is 4.33. The Morgan fingerprint density at radius 3 is 2.38 bits per heavy atom. The molecule has 0 aliphatic heterocycles. The minimum absolute atomic E-state index is 0.243.